The Kier molecular flexibility index (Phi) is 25.1. The van der Waals surface area contributed by atoms with Crippen LogP contribution in [0, 0.1) is 0 Å². The molecular weight excluding hydrogens is 466 g/mol. The van der Waals surface area contributed by atoms with Gasteiger partial charge in [0.15, 0.2) is 0 Å². The summed E-state index contributed by atoms with van der Waals surface area (Å²) in [7, 11) is -3.84. The maximum atomic E-state index is 11.3. The van der Waals surface area contributed by atoms with E-state index in [1.807, 2.05) is 0 Å². The molecule has 0 aliphatic rings. The molecule has 0 rings (SSSR count). The van der Waals surface area contributed by atoms with Crippen molar-refractivity contribution in [1.29, 1.82) is 0 Å². The van der Waals surface area contributed by atoms with Gasteiger partial charge >= 0.3 is 0 Å². The highest BCUT2D eigenvalue weighted by atomic mass is 32.2. The van der Waals surface area contributed by atoms with E-state index in [1.54, 1.807) is 0 Å². The summed E-state index contributed by atoms with van der Waals surface area (Å²) in [4.78, 5) is 0. The van der Waals surface area contributed by atoms with E-state index in [9.17, 15) is 13.0 Å². The average molecular weight is 533 g/mol. The van der Waals surface area contributed by atoms with Crippen LogP contribution in [0.5, 0.6) is 0 Å². The van der Waals surface area contributed by atoms with Gasteiger partial charge in [0, 0.05) is 0 Å². The molecule has 0 aromatic rings. The van der Waals surface area contributed by atoms with E-state index in [4.69, 9.17) is 0 Å². The predicted molar refractivity (Wildman–Crippen MR) is 159 cm³/mol. The lowest BCUT2D eigenvalue weighted by atomic mass is 10.0. The lowest BCUT2D eigenvalue weighted by Crippen LogP contribution is -2.51. The van der Waals surface area contributed by atoms with Gasteiger partial charge in [0.05, 0.1) is 31.9 Å². The standard InChI is InChI=1S/C31H65NO3S/c1-4-7-10-13-16-19-22-27-32(30-25-26-31-36(33,34)35,28-23-20-17-14-11-8-5-2)29-24-21-18-15-12-9-6-3/h4-31H2,1-3H3/p+1. The number of quaternary nitrogens is 1. The van der Waals surface area contributed by atoms with Crippen LogP contribution in [0.1, 0.15) is 168 Å². The van der Waals surface area contributed by atoms with E-state index in [2.05, 4.69) is 20.8 Å². The molecule has 0 bridgehead atoms. The van der Waals surface area contributed by atoms with E-state index in [1.165, 1.54) is 159 Å². The lowest BCUT2D eigenvalue weighted by molar-refractivity contribution is -0.929. The van der Waals surface area contributed by atoms with Crippen molar-refractivity contribution in [3.8, 4) is 0 Å². The SMILES string of the molecule is CCCCCCCCC[N+](CCCCCCCCC)(CCCCCCCCC)CCCCS(=O)(=O)O. The highest BCUT2D eigenvalue weighted by Gasteiger charge is 2.26. The molecule has 0 fully saturated rings. The topological polar surface area (TPSA) is 54.4 Å². The van der Waals surface area contributed by atoms with Gasteiger partial charge in [0.1, 0.15) is 0 Å². The monoisotopic (exact) mass is 532 g/mol. The van der Waals surface area contributed by atoms with Gasteiger partial charge in [0.25, 0.3) is 10.1 Å². The van der Waals surface area contributed by atoms with Gasteiger partial charge in [-0.1, -0.05) is 117 Å². The molecule has 0 aromatic carbocycles. The molecule has 0 saturated heterocycles. The average Bonchev–Trinajstić information content (AvgIpc) is 2.84. The lowest BCUT2D eigenvalue weighted by Gasteiger charge is -2.39. The molecular formula is C31H66NO3S+. The van der Waals surface area contributed by atoms with Crippen molar-refractivity contribution in [3.05, 3.63) is 0 Å². The molecule has 218 valence electrons. The van der Waals surface area contributed by atoms with Gasteiger partial charge in [-0.05, 0) is 51.4 Å². The first-order valence-electron chi connectivity index (χ1n) is 16.2. The van der Waals surface area contributed by atoms with E-state index in [-0.39, 0.29) is 5.75 Å². The van der Waals surface area contributed by atoms with Crippen LogP contribution in [-0.4, -0.2) is 49.4 Å². The van der Waals surface area contributed by atoms with Crippen molar-refractivity contribution in [2.24, 2.45) is 0 Å². The van der Waals surface area contributed by atoms with Crippen LogP contribution in [0.2, 0.25) is 0 Å². The summed E-state index contributed by atoms with van der Waals surface area (Å²) in [6, 6.07) is 0. The maximum absolute atomic E-state index is 11.3. The second-order valence-electron chi connectivity index (χ2n) is 11.6. The third kappa shape index (κ3) is 24.2. The molecule has 0 aliphatic carbocycles. The van der Waals surface area contributed by atoms with Gasteiger partial charge in [-0.25, -0.2) is 0 Å². The molecule has 4 nitrogen and oxygen atoms in total. The summed E-state index contributed by atoms with van der Waals surface area (Å²) in [6.07, 6.45) is 29.8. The summed E-state index contributed by atoms with van der Waals surface area (Å²) in [5.74, 6) is -0.0840. The van der Waals surface area contributed by atoms with E-state index in [0.29, 0.717) is 6.42 Å². The maximum Gasteiger partial charge on any atom is 0.264 e. The molecule has 36 heavy (non-hydrogen) atoms. The van der Waals surface area contributed by atoms with E-state index < -0.39 is 10.1 Å². The number of hydrogen-bond acceptors (Lipinski definition) is 2. The number of rotatable bonds is 29. The Bertz CT molecular complexity index is 504. The van der Waals surface area contributed by atoms with Crippen molar-refractivity contribution in [2.75, 3.05) is 31.9 Å². The van der Waals surface area contributed by atoms with Crippen molar-refractivity contribution < 1.29 is 17.5 Å². The van der Waals surface area contributed by atoms with Gasteiger partial charge < -0.3 is 4.48 Å². The molecule has 0 radical (unpaired) electrons. The third-order valence-electron chi connectivity index (χ3n) is 7.99. The zero-order valence-corrected chi connectivity index (χ0v) is 25.7. The van der Waals surface area contributed by atoms with E-state index >= 15 is 0 Å². The normalized spacial score (nSPS) is 12.4. The van der Waals surface area contributed by atoms with Crippen LogP contribution in [0.15, 0.2) is 0 Å². The van der Waals surface area contributed by atoms with Gasteiger partial charge in [0.2, 0.25) is 0 Å². The minimum absolute atomic E-state index is 0.0840. The fourth-order valence-corrected chi connectivity index (χ4v) is 6.18. The van der Waals surface area contributed by atoms with Crippen molar-refractivity contribution in [1.82, 2.24) is 0 Å². The Morgan fingerprint density at radius 1 is 0.417 bits per heavy atom. The van der Waals surface area contributed by atoms with Gasteiger partial charge in [-0.2, -0.15) is 8.42 Å². The number of unbranched alkanes of at least 4 members (excludes halogenated alkanes) is 19. The largest absolute Gasteiger partial charge is 0.324 e. The second-order valence-corrected chi connectivity index (χ2v) is 13.2. The third-order valence-corrected chi connectivity index (χ3v) is 8.80. The summed E-state index contributed by atoms with van der Waals surface area (Å²) < 4.78 is 32.9. The first-order chi connectivity index (χ1) is 17.4. The highest BCUT2D eigenvalue weighted by molar-refractivity contribution is 7.85. The van der Waals surface area contributed by atoms with Gasteiger partial charge in [-0.15, -0.1) is 0 Å². The fraction of sp³-hybridized carbons (Fsp3) is 1.00. The zero-order chi connectivity index (χ0) is 26.8. The minimum Gasteiger partial charge on any atom is -0.324 e. The van der Waals surface area contributed by atoms with Crippen molar-refractivity contribution in [2.45, 2.75) is 168 Å². The van der Waals surface area contributed by atoms with E-state index in [0.717, 1.165) is 13.0 Å². The minimum atomic E-state index is -3.84. The Balaban J connectivity index is 4.88. The smallest absolute Gasteiger partial charge is 0.264 e. The van der Waals surface area contributed by atoms with Crippen LogP contribution in [-0.2, 0) is 10.1 Å². The molecule has 1 N–H and O–H groups in total. The zero-order valence-electron chi connectivity index (χ0n) is 24.9. The van der Waals surface area contributed by atoms with Gasteiger partial charge in [-0.3, -0.25) is 4.55 Å². The quantitative estimate of drug-likeness (QED) is 0.0592. The summed E-state index contributed by atoms with van der Waals surface area (Å²) in [6.45, 7) is 11.7. The fourth-order valence-electron chi connectivity index (χ4n) is 5.62. The molecule has 0 amide bonds. The molecule has 0 aromatic heterocycles. The first-order valence-corrected chi connectivity index (χ1v) is 17.8. The predicted octanol–water partition coefficient (Wildman–Crippen LogP) is 9.72. The van der Waals surface area contributed by atoms with Crippen LogP contribution < -0.4 is 0 Å². The molecule has 0 aliphatic heterocycles. The molecule has 0 saturated carbocycles. The molecule has 0 spiro atoms. The number of nitrogens with zero attached hydrogens (tertiary/aromatic N) is 1. The Labute approximate surface area is 227 Å². The molecule has 0 atom stereocenters. The van der Waals surface area contributed by atoms with Crippen LogP contribution in [0.3, 0.4) is 0 Å². The summed E-state index contributed by atoms with van der Waals surface area (Å²) in [5, 5.41) is 0. The van der Waals surface area contributed by atoms with Crippen LogP contribution >= 0.6 is 0 Å². The Morgan fingerprint density at radius 3 is 0.944 bits per heavy atom. The molecule has 0 heterocycles. The summed E-state index contributed by atoms with van der Waals surface area (Å²) >= 11 is 0. The molecule has 5 heteroatoms. The Morgan fingerprint density at radius 2 is 0.667 bits per heavy atom. The Hall–Kier alpha value is -0.130. The second kappa shape index (κ2) is 25.2. The van der Waals surface area contributed by atoms with Crippen LogP contribution in [0.25, 0.3) is 0 Å². The number of hydrogen-bond donors (Lipinski definition) is 1. The van der Waals surface area contributed by atoms with Crippen LogP contribution in [0.4, 0.5) is 0 Å². The summed E-state index contributed by atoms with van der Waals surface area (Å²) in [5.41, 5.74) is 0. The molecule has 0 unspecified atom stereocenters. The van der Waals surface area contributed by atoms with Crippen molar-refractivity contribution in [3.63, 3.8) is 0 Å². The highest BCUT2D eigenvalue weighted by Crippen LogP contribution is 2.20. The van der Waals surface area contributed by atoms with Crippen molar-refractivity contribution >= 4 is 10.1 Å². The first kappa shape index (κ1) is 35.9.